The summed E-state index contributed by atoms with van der Waals surface area (Å²) >= 11 is 0. The molecule has 1 rings (SSSR count). The molecule has 22 heavy (non-hydrogen) atoms. The Morgan fingerprint density at radius 2 is 1.73 bits per heavy atom. The Balaban J connectivity index is 2.09. The molecule has 1 saturated carbocycles. The van der Waals surface area contributed by atoms with Crippen LogP contribution in [0.3, 0.4) is 0 Å². The molecule has 1 aliphatic rings. The fourth-order valence-corrected chi connectivity index (χ4v) is 3.71. The molecule has 1 heteroatoms. The summed E-state index contributed by atoms with van der Waals surface area (Å²) in [7, 11) is 0. The van der Waals surface area contributed by atoms with Crippen LogP contribution in [0.2, 0.25) is 0 Å². The lowest BCUT2D eigenvalue weighted by Crippen LogP contribution is -2.34. The van der Waals surface area contributed by atoms with Crippen molar-refractivity contribution in [3.05, 3.63) is 12.2 Å². The number of hydrogen-bond donors (Lipinski definition) is 0. The summed E-state index contributed by atoms with van der Waals surface area (Å²) in [6.07, 6.45) is 18.6. The van der Waals surface area contributed by atoms with Crippen molar-refractivity contribution in [3.63, 3.8) is 0 Å². The van der Waals surface area contributed by atoms with Gasteiger partial charge in [-0.25, -0.2) is 0 Å². The van der Waals surface area contributed by atoms with Gasteiger partial charge in [-0.2, -0.15) is 0 Å². The second kappa shape index (κ2) is 12.2. The third kappa shape index (κ3) is 8.36. The lowest BCUT2D eigenvalue weighted by molar-refractivity contribution is -0.0262. The van der Waals surface area contributed by atoms with Crippen molar-refractivity contribution in [1.82, 2.24) is 0 Å². The van der Waals surface area contributed by atoms with E-state index in [0.717, 1.165) is 24.4 Å². The normalized spacial score (nSPS) is 26.1. The van der Waals surface area contributed by atoms with Crippen LogP contribution < -0.4 is 0 Å². The van der Waals surface area contributed by atoms with Crippen molar-refractivity contribution in [1.29, 1.82) is 0 Å². The summed E-state index contributed by atoms with van der Waals surface area (Å²) < 4.78 is 6.20. The molecule has 0 bridgehead atoms. The Kier molecular flexibility index (Phi) is 10.9. The van der Waals surface area contributed by atoms with Gasteiger partial charge in [0, 0.05) is 0 Å². The molecule has 0 spiro atoms. The minimum Gasteiger partial charge on any atom is -0.374 e. The van der Waals surface area contributed by atoms with Gasteiger partial charge in [-0.3, -0.25) is 0 Å². The van der Waals surface area contributed by atoms with Gasteiger partial charge < -0.3 is 4.74 Å². The summed E-state index contributed by atoms with van der Waals surface area (Å²) in [6.45, 7) is 10.2. The number of rotatable bonds is 11. The van der Waals surface area contributed by atoms with E-state index in [1.165, 1.54) is 64.2 Å². The number of allylic oxidation sites excluding steroid dienone is 1. The molecule has 0 aromatic carbocycles. The monoisotopic (exact) mass is 308 g/mol. The molecule has 0 aliphatic heterocycles. The molecule has 1 aliphatic carbocycles. The zero-order valence-electron chi connectivity index (χ0n) is 15.7. The number of unbranched alkanes of at least 4 members (excludes halogenated alkanes) is 6. The maximum atomic E-state index is 6.20. The van der Waals surface area contributed by atoms with E-state index in [0.29, 0.717) is 6.10 Å². The van der Waals surface area contributed by atoms with Crippen molar-refractivity contribution in [2.75, 3.05) is 6.61 Å². The minimum atomic E-state index is 0.488. The second-order valence-corrected chi connectivity index (χ2v) is 7.73. The molecule has 0 heterocycles. The summed E-state index contributed by atoms with van der Waals surface area (Å²) in [5.41, 5.74) is 0. The first-order chi connectivity index (χ1) is 10.6. The van der Waals surface area contributed by atoms with Gasteiger partial charge in [0.05, 0.1) is 12.7 Å². The van der Waals surface area contributed by atoms with E-state index in [-0.39, 0.29) is 0 Å². The average molecular weight is 309 g/mol. The Bertz CT molecular complexity index is 282. The molecular formula is C21H40O. The molecule has 3 atom stereocenters. The zero-order chi connectivity index (χ0) is 16.2. The zero-order valence-corrected chi connectivity index (χ0v) is 15.7. The summed E-state index contributed by atoms with van der Waals surface area (Å²) in [6, 6.07) is 0. The molecule has 1 nitrogen and oxygen atoms in total. The fraction of sp³-hybridized carbons (Fsp3) is 0.905. The summed E-state index contributed by atoms with van der Waals surface area (Å²) in [5.74, 6) is 2.36. The van der Waals surface area contributed by atoms with Gasteiger partial charge in [-0.05, 0) is 43.4 Å². The first-order valence-electron chi connectivity index (χ1n) is 9.91. The van der Waals surface area contributed by atoms with Gasteiger partial charge in [0.2, 0.25) is 0 Å². The van der Waals surface area contributed by atoms with Crippen LogP contribution in [0.4, 0.5) is 0 Å². The summed E-state index contributed by atoms with van der Waals surface area (Å²) in [4.78, 5) is 0. The van der Waals surface area contributed by atoms with E-state index in [2.05, 4.69) is 39.8 Å². The Morgan fingerprint density at radius 1 is 1.00 bits per heavy atom. The SMILES string of the molecule is CCCCCCCC/C=C/CO[C@@H]1C[C@H](C)CC[C@H]1C(C)C. The van der Waals surface area contributed by atoms with Crippen molar-refractivity contribution >= 4 is 0 Å². The molecule has 0 aromatic rings. The van der Waals surface area contributed by atoms with E-state index in [1.54, 1.807) is 0 Å². The highest BCUT2D eigenvalue weighted by atomic mass is 16.5. The Hall–Kier alpha value is -0.300. The summed E-state index contributed by atoms with van der Waals surface area (Å²) in [5, 5.41) is 0. The largest absolute Gasteiger partial charge is 0.374 e. The standard InChI is InChI=1S/C21H40O/c1-5-6-7-8-9-10-11-12-13-16-22-21-17-19(4)14-15-20(21)18(2)3/h12-13,18-21H,5-11,14-17H2,1-4H3/b13-12+/t19-,20+,21-/m1/s1. The lowest BCUT2D eigenvalue weighted by Gasteiger charge is -2.37. The van der Waals surface area contributed by atoms with Crippen molar-refractivity contribution in [2.24, 2.45) is 17.8 Å². The lowest BCUT2D eigenvalue weighted by atomic mass is 9.75. The van der Waals surface area contributed by atoms with E-state index < -0.39 is 0 Å². The van der Waals surface area contributed by atoms with Crippen molar-refractivity contribution in [2.45, 2.75) is 98.0 Å². The maximum absolute atomic E-state index is 6.20. The van der Waals surface area contributed by atoms with Crippen LogP contribution in [0.1, 0.15) is 91.9 Å². The average Bonchev–Trinajstić information content (AvgIpc) is 2.49. The predicted molar refractivity (Wildman–Crippen MR) is 98.2 cm³/mol. The fourth-order valence-electron chi connectivity index (χ4n) is 3.71. The van der Waals surface area contributed by atoms with Crippen LogP contribution >= 0.6 is 0 Å². The highest BCUT2D eigenvalue weighted by Crippen LogP contribution is 2.35. The highest BCUT2D eigenvalue weighted by Gasteiger charge is 2.30. The van der Waals surface area contributed by atoms with Crippen LogP contribution in [0.5, 0.6) is 0 Å². The topological polar surface area (TPSA) is 9.23 Å². The second-order valence-electron chi connectivity index (χ2n) is 7.73. The van der Waals surface area contributed by atoms with Gasteiger partial charge in [0.15, 0.2) is 0 Å². The molecule has 0 N–H and O–H groups in total. The van der Waals surface area contributed by atoms with E-state index >= 15 is 0 Å². The van der Waals surface area contributed by atoms with Crippen molar-refractivity contribution in [3.8, 4) is 0 Å². The predicted octanol–water partition coefficient (Wildman–Crippen LogP) is 6.77. The van der Waals surface area contributed by atoms with Crippen LogP contribution in [0.25, 0.3) is 0 Å². The number of hydrogen-bond acceptors (Lipinski definition) is 1. The molecular weight excluding hydrogens is 268 g/mol. The van der Waals surface area contributed by atoms with E-state index in [1.807, 2.05) is 0 Å². The van der Waals surface area contributed by atoms with Crippen LogP contribution in [0, 0.1) is 17.8 Å². The highest BCUT2D eigenvalue weighted by molar-refractivity contribution is 4.85. The van der Waals surface area contributed by atoms with Gasteiger partial charge in [-0.1, -0.05) is 78.4 Å². The van der Waals surface area contributed by atoms with Gasteiger partial charge in [0.25, 0.3) is 0 Å². The van der Waals surface area contributed by atoms with E-state index in [4.69, 9.17) is 4.74 Å². The van der Waals surface area contributed by atoms with Crippen molar-refractivity contribution < 1.29 is 4.74 Å². The number of ether oxygens (including phenoxy) is 1. The Labute approximate surface area is 139 Å². The van der Waals surface area contributed by atoms with Crippen LogP contribution in [0.15, 0.2) is 12.2 Å². The molecule has 0 unspecified atom stereocenters. The third-order valence-electron chi connectivity index (χ3n) is 5.26. The molecule has 0 amide bonds. The minimum absolute atomic E-state index is 0.488. The van der Waals surface area contributed by atoms with Gasteiger partial charge >= 0.3 is 0 Å². The van der Waals surface area contributed by atoms with Crippen LogP contribution in [-0.2, 0) is 4.74 Å². The van der Waals surface area contributed by atoms with E-state index in [9.17, 15) is 0 Å². The first-order valence-corrected chi connectivity index (χ1v) is 9.91. The molecule has 0 saturated heterocycles. The molecule has 0 radical (unpaired) electrons. The smallest absolute Gasteiger partial charge is 0.0651 e. The molecule has 0 aromatic heterocycles. The first kappa shape index (κ1) is 19.7. The Morgan fingerprint density at radius 3 is 2.45 bits per heavy atom. The maximum Gasteiger partial charge on any atom is 0.0651 e. The quantitative estimate of drug-likeness (QED) is 0.302. The third-order valence-corrected chi connectivity index (χ3v) is 5.26. The van der Waals surface area contributed by atoms with Crippen LogP contribution in [-0.4, -0.2) is 12.7 Å². The van der Waals surface area contributed by atoms with Gasteiger partial charge in [-0.15, -0.1) is 0 Å². The molecule has 1 fully saturated rings. The van der Waals surface area contributed by atoms with Gasteiger partial charge in [0.1, 0.15) is 0 Å². The molecule has 130 valence electrons.